The van der Waals surface area contributed by atoms with Crippen molar-refractivity contribution in [1.82, 2.24) is 15.1 Å². The summed E-state index contributed by atoms with van der Waals surface area (Å²) in [7, 11) is 0. The van der Waals surface area contributed by atoms with Crippen LogP contribution in [0.1, 0.15) is 22.3 Å². The molecule has 0 atom stereocenters. The third-order valence-corrected chi connectivity index (χ3v) is 7.30. The molecule has 0 unspecified atom stereocenters. The Bertz CT molecular complexity index is 1400. The van der Waals surface area contributed by atoms with Gasteiger partial charge in [0.1, 0.15) is 5.75 Å². The third kappa shape index (κ3) is 6.86. The van der Waals surface area contributed by atoms with Crippen LogP contribution in [0, 0.1) is 0 Å². The summed E-state index contributed by atoms with van der Waals surface area (Å²) in [6.45, 7) is 5.01. The van der Waals surface area contributed by atoms with Gasteiger partial charge >= 0.3 is 6.18 Å². The molecule has 3 heterocycles. The lowest BCUT2D eigenvalue weighted by Crippen LogP contribution is -2.37. The molecular weight excluding hydrogens is 529 g/mol. The highest BCUT2D eigenvalue weighted by Gasteiger charge is 2.33. The summed E-state index contributed by atoms with van der Waals surface area (Å²) in [4.78, 5) is 15.8. The fourth-order valence-electron chi connectivity index (χ4n) is 4.31. The SMILES string of the molecule is O=C(Nc1cc(-c2cc(-c3ccccc3C(F)(F)F)cs2)[nH]n1)c1ccc(OCCCN2CCOCC2)cc1. The number of carbonyl (C=O) groups is 1. The second-order valence-corrected chi connectivity index (χ2v) is 9.96. The van der Waals surface area contributed by atoms with E-state index in [1.165, 1.54) is 23.5 Å². The molecule has 0 bridgehead atoms. The molecule has 2 aromatic carbocycles. The van der Waals surface area contributed by atoms with E-state index < -0.39 is 11.7 Å². The summed E-state index contributed by atoms with van der Waals surface area (Å²) in [5, 5.41) is 11.4. The number of rotatable bonds is 9. The molecular formula is C28H27F3N4O3S. The maximum Gasteiger partial charge on any atom is 0.417 e. The van der Waals surface area contributed by atoms with Gasteiger partial charge in [0.2, 0.25) is 0 Å². The Morgan fingerprint density at radius 1 is 1.10 bits per heavy atom. The van der Waals surface area contributed by atoms with Crippen molar-refractivity contribution in [3.05, 3.63) is 77.2 Å². The first-order valence-electron chi connectivity index (χ1n) is 12.5. The monoisotopic (exact) mass is 556 g/mol. The first-order chi connectivity index (χ1) is 18.9. The maximum atomic E-state index is 13.4. The van der Waals surface area contributed by atoms with Crippen molar-refractivity contribution in [3.8, 4) is 27.4 Å². The number of anilines is 1. The molecule has 0 aliphatic carbocycles. The average molecular weight is 557 g/mol. The van der Waals surface area contributed by atoms with Gasteiger partial charge < -0.3 is 14.8 Å². The van der Waals surface area contributed by atoms with Crippen LogP contribution in [-0.2, 0) is 10.9 Å². The van der Waals surface area contributed by atoms with Gasteiger partial charge in [0.05, 0.1) is 36.0 Å². The molecule has 39 heavy (non-hydrogen) atoms. The van der Waals surface area contributed by atoms with E-state index in [1.807, 2.05) is 0 Å². The Morgan fingerprint density at radius 2 is 1.87 bits per heavy atom. The van der Waals surface area contributed by atoms with Gasteiger partial charge in [-0.05, 0) is 59.3 Å². The molecule has 11 heteroatoms. The smallest absolute Gasteiger partial charge is 0.417 e. The standard InChI is InChI=1S/C28H27F3N4O3S/c29-28(30,31)23-5-2-1-4-22(23)20-16-25(39-18-20)24-17-26(34-33-24)32-27(36)19-6-8-21(9-7-19)38-13-3-10-35-11-14-37-15-12-35/h1-2,4-9,16-18H,3,10-15H2,(H2,32,33,34,36). The van der Waals surface area contributed by atoms with Crippen LogP contribution in [0.15, 0.2) is 66.0 Å². The van der Waals surface area contributed by atoms with Crippen molar-refractivity contribution in [3.63, 3.8) is 0 Å². The van der Waals surface area contributed by atoms with Gasteiger partial charge in [-0.2, -0.15) is 18.3 Å². The molecule has 4 aromatic rings. The molecule has 0 radical (unpaired) electrons. The number of hydrogen-bond acceptors (Lipinski definition) is 6. The molecule has 1 aliphatic rings. The topological polar surface area (TPSA) is 79.5 Å². The zero-order valence-electron chi connectivity index (χ0n) is 21.0. The molecule has 2 aromatic heterocycles. The Hall–Kier alpha value is -3.67. The van der Waals surface area contributed by atoms with Crippen LogP contribution < -0.4 is 10.1 Å². The summed E-state index contributed by atoms with van der Waals surface area (Å²) in [5.74, 6) is 0.665. The van der Waals surface area contributed by atoms with Gasteiger partial charge in [-0.3, -0.25) is 14.8 Å². The number of benzene rings is 2. The van der Waals surface area contributed by atoms with Crippen molar-refractivity contribution >= 4 is 23.1 Å². The minimum absolute atomic E-state index is 0.116. The number of halogens is 3. The van der Waals surface area contributed by atoms with Crippen molar-refractivity contribution in [1.29, 1.82) is 0 Å². The summed E-state index contributed by atoms with van der Waals surface area (Å²) in [6, 6.07) is 15.7. The number of ether oxygens (including phenoxy) is 2. The van der Waals surface area contributed by atoms with E-state index in [2.05, 4.69) is 20.4 Å². The first-order valence-corrected chi connectivity index (χ1v) is 13.4. The predicted octanol–water partition coefficient (Wildman–Crippen LogP) is 6.18. The van der Waals surface area contributed by atoms with Gasteiger partial charge in [0.15, 0.2) is 5.82 Å². The quantitative estimate of drug-likeness (QED) is 0.241. The third-order valence-electron chi connectivity index (χ3n) is 6.34. The molecule has 5 rings (SSSR count). The predicted molar refractivity (Wildman–Crippen MR) is 144 cm³/mol. The number of alkyl halides is 3. The van der Waals surface area contributed by atoms with Crippen LogP contribution in [-0.4, -0.2) is 60.5 Å². The van der Waals surface area contributed by atoms with Gasteiger partial charge in [0, 0.05) is 31.3 Å². The molecule has 1 aliphatic heterocycles. The van der Waals surface area contributed by atoms with Crippen molar-refractivity contribution < 1.29 is 27.4 Å². The number of aromatic nitrogens is 2. The molecule has 1 fully saturated rings. The van der Waals surface area contributed by atoms with Crippen LogP contribution in [0.2, 0.25) is 0 Å². The number of nitrogens with zero attached hydrogens (tertiary/aromatic N) is 2. The normalized spacial score (nSPS) is 14.3. The number of hydrogen-bond donors (Lipinski definition) is 2. The number of H-pyrrole nitrogens is 1. The minimum atomic E-state index is -4.45. The van der Waals surface area contributed by atoms with Gasteiger partial charge in [-0.1, -0.05) is 18.2 Å². The summed E-state index contributed by atoms with van der Waals surface area (Å²) >= 11 is 1.29. The zero-order chi connectivity index (χ0) is 27.2. The van der Waals surface area contributed by atoms with E-state index in [0.29, 0.717) is 39.9 Å². The highest BCUT2D eigenvalue weighted by atomic mass is 32.1. The van der Waals surface area contributed by atoms with Gasteiger partial charge in [-0.25, -0.2) is 0 Å². The lowest BCUT2D eigenvalue weighted by Gasteiger charge is -2.26. The summed E-state index contributed by atoms with van der Waals surface area (Å²) in [5.41, 5.74) is 0.933. The molecule has 1 saturated heterocycles. The number of carbonyl (C=O) groups excluding carboxylic acids is 1. The molecule has 204 valence electrons. The maximum absolute atomic E-state index is 13.4. The number of morpholine rings is 1. The molecule has 2 N–H and O–H groups in total. The van der Waals surface area contributed by atoms with Gasteiger partial charge in [-0.15, -0.1) is 11.3 Å². The summed E-state index contributed by atoms with van der Waals surface area (Å²) < 4.78 is 51.4. The lowest BCUT2D eigenvalue weighted by molar-refractivity contribution is -0.137. The van der Waals surface area contributed by atoms with E-state index in [9.17, 15) is 18.0 Å². The molecule has 1 amide bonds. The fourth-order valence-corrected chi connectivity index (χ4v) is 5.18. The minimum Gasteiger partial charge on any atom is -0.494 e. The Morgan fingerprint density at radius 3 is 2.64 bits per heavy atom. The van der Waals surface area contributed by atoms with E-state index in [0.717, 1.165) is 45.3 Å². The number of amides is 1. The van der Waals surface area contributed by atoms with E-state index in [-0.39, 0.29) is 11.5 Å². The molecule has 7 nitrogen and oxygen atoms in total. The van der Waals surface area contributed by atoms with Crippen LogP contribution in [0.3, 0.4) is 0 Å². The zero-order valence-corrected chi connectivity index (χ0v) is 21.8. The highest BCUT2D eigenvalue weighted by Crippen LogP contribution is 2.40. The van der Waals surface area contributed by atoms with E-state index >= 15 is 0 Å². The van der Waals surface area contributed by atoms with Crippen molar-refractivity contribution in [2.24, 2.45) is 0 Å². The van der Waals surface area contributed by atoms with Gasteiger partial charge in [0.25, 0.3) is 5.91 Å². The fraction of sp³-hybridized carbons (Fsp3) is 0.286. The van der Waals surface area contributed by atoms with E-state index in [1.54, 1.807) is 47.8 Å². The Balaban J connectivity index is 1.15. The highest BCUT2D eigenvalue weighted by molar-refractivity contribution is 7.14. The summed E-state index contributed by atoms with van der Waals surface area (Å²) in [6.07, 6.45) is -3.54. The largest absolute Gasteiger partial charge is 0.494 e. The Labute approximate surface area is 227 Å². The molecule has 0 saturated carbocycles. The number of thiophene rings is 1. The van der Waals surface area contributed by atoms with Crippen LogP contribution >= 0.6 is 11.3 Å². The first kappa shape index (κ1) is 26.9. The van der Waals surface area contributed by atoms with Crippen molar-refractivity contribution in [2.75, 3.05) is 44.8 Å². The second kappa shape index (κ2) is 12.0. The van der Waals surface area contributed by atoms with Crippen LogP contribution in [0.5, 0.6) is 5.75 Å². The number of nitrogens with one attached hydrogen (secondary N) is 2. The Kier molecular flexibility index (Phi) is 8.30. The van der Waals surface area contributed by atoms with Crippen molar-refractivity contribution in [2.45, 2.75) is 12.6 Å². The second-order valence-electron chi connectivity index (χ2n) is 9.04. The lowest BCUT2D eigenvalue weighted by atomic mass is 10.0. The van der Waals surface area contributed by atoms with Crippen LogP contribution in [0.4, 0.5) is 19.0 Å². The van der Waals surface area contributed by atoms with Crippen LogP contribution in [0.25, 0.3) is 21.7 Å². The number of aromatic amines is 1. The average Bonchev–Trinajstić information content (AvgIpc) is 3.62. The molecule has 0 spiro atoms. The van der Waals surface area contributed by atoms with E-state index in [4.69, 9.17) is 9.47 Å².